The highest BCUT2D eigenvalue weighted by Gasteiger charge is 2.25. The molecule has 1 N–H and O–H groups in total. The Bertz CT molecular complexity index is 806. The van der Waals surface area contributed by atoms with Gasteiger partial charge in [-0.05, 0) is 45.2 Å². The fourth-order valence-electron chi connectivity index (χ4n) is 2.97. The highest BCUT2D eigenvalue weighted by atomic mass is 32.1. The number of piperazine rings is 1. The van der Waals surface area contributed by atoms with Gasteiger partial charge in [-0.2, -0.15) is 0 Å². The zero-order valence-corrected chi connectivity index (χ0v) is 18.8. The monoisotopic (exact) mass is 436 g/mol. The van der Waals surface area contributed by atoms with Gasteiger partial charge in [0.2, 0.25) is 0 Å². The van der Waals surface area contributed by atoms with Crippen LogP contribution >= 0.6 is 22.7 Å². The number of ether oxygens (including phenoxy) is 1. The molecule has 0 aliphatic carbocycles. The van der Waals surface area contributed by atoms with Crippen LogP contribution < -0.4 is 5.32 Å². The standard InChI is InChI=1S/C20H28N4O3S2/c1-20(2,3)27-19(26)24-11-9-23(10-12-24)8-5-7-21-17(25)16-14-22-18(29-16)15-6-4-13-28-15/h4,6,13-14H,5,7-12H2,1-3H3,(H,21,25). The Hall–Kier alpha value is -1.97. The van der Waals surface area contributed by atoms with Crippen molar-refractivity contribution in [2.75, 3.05) is 39.3 Å². The fraction of sp³-hybridized carbons (Fsp3) is 0.550. The van der Waals surface area contributed by atoms with Gasteiger partial charge in [-0.1, -0.05) is 6.07 Å². The number of thiophene rings is 1. The predicted molar refractivity (Wildman–Crippen MR) is 117 cm³/mol. The van der Waals surface area contributed by atoms with Crippen LogP contribution in [0.1, 0.15) is 36.9 Å². The van der Waals surface area contributed by atoms with Crippen LogP contribution in [0.3, 0.4) is 0 Å². The molecule has 0 atom stereocenters. The van der Waals surface area contributed by atoms with E-state index in [2.05, 4.69) is 15.2 Å². The minimum Gasteiger partial charge on any atom is -0.444 e. The maximum Gasteiger partial charge on any atom is 0.410 e. The fourth-order valence-corrected chi connectivity index (χ4v) is 4.60. The van der Waals surface area contributed by atoms with Crippen molar-refractivity contribution in [1.29, 1.82) is 0 Å². The molecular formula is C20H28N4O3S2. The highest BCUT2D eigenvalue weighted by Crippen LogP contribution is 2.28. The zero-order chi connectivity index (χ0) is 20.9. The van der Waals surface area contributed by atoms with Crippen LogP contribution in [0.15, 0.2) is 23.7 Å². The summed E-state index contributed by atoms with van der Waals surface area (Å²) in [6.45, 7) is 10.2. The Morgan fingerprint density at radius 3 is 2.66 bits per heavy atom. The lowest BCUT2D eigenvalue weighted by atomic mass is 10.2. The van der Waals surface area contributed by atoms with Crippen molar-refractivity contribution in [3.8, 4) is 9.88 Å². The first kappa shape index (κ1) is 21.7. The molecule has 29 heavy (non-hydrogen) atoms. The van der Waals surface area contributed by atoms with Gasteiger partial charge in [0.1, 0.15) is 15.5 Å². The van der Waals surface area contributed by atoms with E-state index in [1.165, 1.54) is 11.3 Å². The van der Waals surface area contributed by atoms with Crippen LogP contribution in [-0.4, -0.2) is 71.7 Å². The normalized spacial score (nSPS) is 15.3. The molecule has 2 aromatic rings. The molecular weight excluding hydrogens is 408 g/mol. The van der Waals surface area contributed by atoms with Gasteiger partial charge in [0.05, 0.1) is 11.1 Å². The molecule has 2 amide bonds. The van der Waals surface area contributed by atoms with Gasteiger partial charge in [0.25, 0.3) is 5.91 Å². The van der Waals surface area contributed by atoms with Crippen molar-refractivity contribution in [1.82, 2.24) is 20.1 Å². The van der Waals surface area contributed by atoms with Gasteiger partial charge in [0, 0.05) is 32.7 Å². The molecule has 0 saturated carbocycles. The molecule has 0 bridgehead atoms. The second-order valence-electron chi connectivity index (χ2n) is 7.93. The predicted octanol–water partition coefficient (Wildman–Crippen LogP) is 3.54. The van der Waals surface area contributed by atoms with E-state index in [0.717, 1.165) is 35.9 Å². The molecule has 1 aliphatic heterocycles. The average molecular weight is 437 g/mol. The number of nitrogens with zero attached hydrogens (tertiary/aromatic N) is 3. The smallest absolute Gasteiger partial charge is 0.410 e. The van der Waals surface area contributed by atoms with Crippen molar-refractivity contribution >= 4 is 34.7 Å². The Labute approximate surface area is 179 Å². The van der Waals surface area contributed by atoms with Gasteiger partial charge in [-0.15, -0.1) is 22.7 Å². The second-order valence-corrected chi connectivity index (χ2v) is 9.90. The molecule has 7 nitrogen and oxygen atoms in total. The molecule has 3 heterocycles. The maximum absolute atomic E-state index is 12.3. The van der Waals surface area contributed by atoms with E-state index in [1.807, 2.05) is 38.3 Å². The Morgan fingerprint density at radius 1 is 1.24 bits per heavy atom. The van der Waals surface area contributed by atoms with Crippen LogP contribution in [0.5, 0.6) is 0 Å². The first-order valence-electron chi connectivity index (χ1n) is 9.80. The lowest BCUT2D eigenvalue weighted by Crippen LogP contribution is -2.50. The van der Waals surface area contributed by atoms with Gasteiger partial charge < -0.3 is 15.0 Å². The topological polar surface area (TPSA) is 74.8 Å². The minimum absolute atomic E-state index is 0.0694. The molecule has 3 rings (SSSR count). The molecule has 158 valence electrons. The third-order valence-electron chi connectivity index (χ3n) is 4.42. The summed E-state index contributed by atoms with van der Waals surface area (Å²) in [5.41, 5.74) is -0.463. The number of nitrogens with one attached hydrogen (secondary N) is 1. The van der Waals surface area contributed by atoms with E-state index in [4.69, 9.17) is 4.74 Å². The van der Waals surface area contributed by atoms with E-state index in [9.17, 15) is 9.59 Å². The summed E-state index contributed by atoms with van der Waals surface area (Å²) >= 11 is 3.04. The number of amides is 2. The number of rotatable bonds is 6. The SMILES string of the molecule is CC(C)(C)OC(=O)N1CCN(CCCNC(=O)c2cnc(-c3cccs3)s2)CC1. The van der Waals surface area contributed by atoms with Crippen LogP contribution in [0.4, 0.5) is 4.79 Å². The van der Waals surface area contributed by atoms with Gasteiger partial charge in [-0.3, -0.25) is 9.69 Å². The number of carbonyl (C=O) groups is 2. The Morgan fingerprint density at radius 2 is 2.00 bits per heavy atom. The summed E-state index contributed by atoms with van der Waals surface area (Å²) in [6, 6.07) is 3.99. The van der Waals surface area contributed by atoms with Crippen molar-refractivity contribution in [2.45, 2.75) is 32.8 Å². The quantitative estimate of drug-likeness (QED) is 0.701. The first-order valence-corrected chi connectivity index (χ1v) is 11.5. The van der Waals surface area contributed by atoms with Gasteiger partial charge in [0.15, 0.2) is 0 Å². The third kappa shape index (κ3) is 6.52. The number of carbonyl (C=O) groups excluding carboxylic acids is 2. The number of hydrogen-bond acceptors (Lipinski definition) is 7. The molecule has 9 heteroatoms. The molecule has 0 radical (unpaired) electrons. The van der Waals surface area contributed by atoms with E-state index < -0.39 is 5.60 Å². The van der Waals surface area contributed by atoms with Crippen molar-refractivity contribution in [3.63, 3.8) is 0 Å². The van der Waals surface area contributed by atoms with Crippen LogP contribution in [-0.2, 0) is 4.74 Å². The summed E-state index contributed by atoms with van der Waals surface area (Å²) in [4.78, 5) is 34.5. The summed E-state index contributed by atoms with van der Waals surface area (Å²) in [5.74, 6) is -0.0694. The molecule has 0 unspecified atom stereocenters. The van der Waals surface area contributed by atoms with E-state index in [0.29, 0.717) is 24.5 Å². The number of thiazole rings is 1. The summed E-state index contributed by atoms with van der Waals surface area (Å²) < 4.78 is 5.42. The minimum atomic E-state index is -0.463. The van der Waals surface area contributed by atoms with Crippen molar-refractivity contribution < 1.29 is 14.3 Å². The molecule has 1 saturated heterocycles. The van der Waals surface area contributed by atoms with Gasteiger partial charge in [-0.25, -0.2) is 9.78 Å². The molecule has 0 aromatic carbocycles. The number of hydrogen-bond donors (Lipinski definition) is 1. The average Bonchev–Trinajstić information content (AvgIpc) is 3.35. The first-order chi connectivity index (χ1) is 13.8. The third-order valence-corrected chi connectivity index (χ3v) is 6.46. The lowest BCUT2D eigenvalue weighted by molar-refractivity contribution is 0.0144. The molecule has 2 aromatic heterocycles. The van der Waals surface area contributed by atoms with Crippen molar-refractivity contribution in [3.05, 3.63) is 28.6 Å². The van der Waals surface area contributed by atoms with Crippen molar-refractivity contribution in [2.24, 2.45) is 0 Å². The molecule has 1 aliphatic rings. The van der Waals surface area contributed by atoms with E-state index in [1.54, 1.807) is 22.4 Å². The Balaban J connectivity index is 1.33. The van der Waals surface area contributed by atoms with Crippen LogP contribution in [0, 0.1) is 0 Å². The summed E-state index contributed by atoms with van der Waals surface area (Å²) in [6.07, 6.45) is 2.27. The summed E-state index contributed by atoms with van der Waals surface area (Å²) in [5, 5.41) is 5.86. The van der Waals surface area contributed by atoms with Gasteiger partial charge >= 0.3 is 6.09 Å². The Kier molecular flexibility index (Phi) is 7.26. The van der Waals surface area contributed by atoms with E-state index >= 15 is 0 Å². The molecule has 0 spiro atoms. The highest BCUT2D eigenvalue weighted by molar-refractivity contribution is 7.21. The summed E-state index contributed by atoms with van der Waals surface area (Å²) in [7, 11) is 0. The second kappa shape index (κ2) is 9.69. The zero-order valence-electron chi connectivity index (χ0n) is 17.1. The lowest BCUT2D eigenvalue weighted by Gasteiger charge is -2.35. The van der Waals surface area contributed by atoms with Crippen LogP contribution in [0.25, 0.3) is 9.88 Å². The molecule has 1 fully saturated rings. The number of aromatic nitrogens is 1. The largest absolute Gasteiger partial charge is 0.444 e. The maximum atomic E-state index is 12.3. The van der Waals surface area contributed by atoms with Crippen LogP contribution in [0.2, 0.25) is 0 Å². The van der Waals surface area contributed by atoms with E-state index in [-0.39, 0.29) is 12.0 Å².